The van der Waals surface area contributed by atoms with Gasteiger partial charge in [0.2, 0.25) is 0 Å². The van der Waals surface area contributed by atoms with Crippen molar-refractivity contribution in [1.82, 2.24) is 10.5 Å². The summed E-state index contributed by atoms with van der Waals surface area (Å²) in [4.78, 5) is 22.7. The van der Waals surface area contributed by atoms with Crippen molar-refractivity contribution in [2.24, 2.45) is 0 Å². The van der Waals surface area contributed by atoms with Crippen LogP contribution in [-0.2, 0) is 9.53 Å². The number of carbonyl (C=O) groups excluding carboxylic acids is 2. The Morgan fingerprint density at radius 3 is 3.00 bits per heavy atom. The Bertz CT molecular complexity index is 437. The van der Waals surface area contributed by atoms with E-state index in [1.807, 2.05) is 0 Å². The molecule has 2 rings (SSSR count). The monoisotopic (exact) mass is 252 g/mol. The van der Waals surface area contributed by atoms with Gasteiger partial charge >= 0.3 is 5.97 Å². The summed E-state index contributed by atoms with van der Waals surface area (Å²) in [7, 11) is 0. The molecule has 0 aliphatic heterocycles. The van der Waals surface area contributed by atoms with Crippen LogP contribution in [0.3, 0.4) is 0 Å². The van der Waals surface area contributed by atoms with Gasteiger partial charge in [0.25, 0.3) is 5.91 Å². The zero-order valence-corrected chi connectivity index (χ0v) is 10.3. The van der Waals surface area contributed by atoms with E-state index in [0.29, 0.717) is 12.5 Å². The first-order valence-electron chi connectivity index (χ1n) is 6.11. The Kier molecular flexibility index (Phi) is 3.96. The number of nitrogens with one attached hydrogen (secondary N) is 1. The molecule has 1 aliphatic rings. The average molecular weight is 252 g/mol. The molecule has 0 saturated heterocycles. The minimum atomic E-state index is -0.324. The second kappa shape index (κ2) is 5.66. The lowest BCUT2D eigenvalue weighted by atomic mass is 10.3. The lowest BCUT2D eigenvalue weighted by molar-refractivity contribution is -0.142. The summed E-state index contributed by atoms with van der Waals surface area (Å²) < 4.78 is 9.82. The Hall–Kier alpha value is -1.85. The van der Waals surface area contributed by atoms with Crippen molar-refractivity contribution in [3.8, 4) is 0 Å². The number of rotatable bonds is 6. The molecule has 0 spiro atoms. The van der Waals surface area contributed by atoms with Crippen molar-refractivity contribution in [3.63, 3.8) is 0 Å². The van der Waals surface area contributed by atoms with E-state index in [4.69, 9.17) is 9.26 Å². The van der Waals surface area contributed by atoms with E-state index in [2.05, 4.69) is 10.5 Å². The van der Waals surface area contributed by atoms with E-state index in [-0.39, 0.29) is 30.5 Å². The maximum absolute atomic E-state index is 11.7. The first kappa shape index (κ1) is 12.6. The van der Waals surface area contributed by atoms with Crippen molar-refractivity contribution in [3.05, 3.63) is 17.5 Å². The summed E-state index contributed by atoms with van der Waals surface area (Å²) in [5.74, 6) is 0.552. The summed E-state index contributed by atoms with van der Waals surface area (Å²) in [5.41, 5.74) is 0.265. The molecule has 1 aromatic rings. The summed E-state index contributed by atoms with van der Waals surface area (Å²) in [6, 6.07) is 1.66. The maximum atomic E-state index is 11.7. The number of amides is 1. The van der Waals surface area contributed by atoms with Crippen molar-refractivity contribution >= 4 is 11.9 Å². The Morgan fingerprint density at radius 2 is 2.33 bits per heavy atom. The number of nitrogens with zero attached hydrogens (tertiary/aromatic N) is 1. The van der Waals surface area contributed by atoms with Gasteiger partial charge in [-0.25, -0.2) is 0 Å². The standard InChI is InChI=1S/C12H16N2O4/c1-2-17-11(15)5-6-13-12(16)9-7-10(18-14-9)8-3-4-8/h7-8H,2-6H2,1H3,(H,13,16). The van der Waals surface area contributed by atoms with Gasteiger partial charge in [-0.15, -0.1) is 0 Å². The van der Waals surface area contributed by atoms with Crippen LogP contribution < -0.4 is 5.32 Å². The molecule has 6 heteroatoms. The smallest absolute Gasteiger partial charge is 0.307 e. The molecule has 6 nitrogen and oxygen atoms in total. The average Bonchev–Trinajstić information content (AvgIpc) is 3.07. The molecule has 98 valence electrons. The van der Waals surface area contributed by atoms with Crippen molar-refractivity contribution in [2.75, 3.05) is 13.2 Å². The van der Waals surface area contributed by atoms with Crippen LogP contribution in [0.15, 0.2) is 10.6 Å². The van der Waals surface area contributed by atoms with Gasteiger partial charge in [-0.3, -0.25) is 9.59 Å². The SMILES string of the molecule is CCOC(=O)CCNC(=O)c1cc(C2CC2)on1. The molecule has 0 unspecified atom stereocenters. The van der Waals surface area contributed by atoms with Gasteiger partial charge in [0.05, 0.1) is 13.0 Å². The number of ether oxygens (including phenoxy) is 1. The molecule has 1 heterocycles. The van der Waals surface area contributed by atoms with Crippen LogP contribution in [0.5, 0.6) is 0 Å². The third-order valence-electron chi connectivity index (χ3n) is 2.66. The number of aromatic nitrogens is 1. The van der Waals surface area contributed by atoms with Crippen LogP contribution in [0.2, 0.25) is 0 Å². The molecule has 1 fully saturated rings. The normalized spacial score (nSPS) is 14.3. The molecular weight excluding hydrogens is 236 g/mol. The molecule has 1 N–H and O–H groups in total. The Morgan fingerprint density at radius 1 is 1.56 bits per heavy atom. The van der Waals surface area contributed by atoms with Crippen LogP contribution in [-0.4, -0.2) is 30.2 Å². The zero-order valence-electron chi connectivity index (χ0n) is 10.3. The van der Waals surface area contributed by atoms with Crippen LogP contribution in [0, 0.1) is 0 Å². The fraction of sp³-hybridized carbons (Fsp3) is 0.583. The van der Waals surface area contributed by atoms with E-state index < -0.39 is 0 Å². The highest BCUT2D eigenvalue weighted by Crippen LogP contribution is 2.40. The minimum Gasteiger partial charge on any atom is -0.466 e. The van der Waals surface area contributed by atoms with Crippen molar-refractivity contribution in [1.29, 1.82) is 0 Å². The number of hydrogen-bond donors (Lipinski definition) is 1. The molecule has 1 aromatic heterocycles. The highest BCUT2D eigenvalue weighted by molar-refractivity contribution is 5.92. The Balaban J connectivity index is 1.74. The first-order valence-corrected chi connectivity index (χ1v) is 6.11. The fourth-order valence-electron chi connectivity index (χ4n) is 1.56. The second-order valence-electron chi connectivity index (χ2n) is 4.20. The van der Waals surface area contributed by atoms with Crippen molar-refractivity contribution in [2.45, 2.75) is 32.1 Å². The van der Waals surface area contributed by atoms with E-state index >= 15 is 0 Å². The van der Waals surface area contributed by atoms with Crippen LogP contribution in [0.25, 0.3) is 0 Å². The summed E-state index contributed by atoms with van der Waals surface area (Å²) in [5, 5.41) is 6.31. The molecule has 0 aromatic carbocycles. The van der Waals surface area contributed by atoms with E-state index in [9.17, 15) is 9.59 Å². The molecule has 0 atom stereocenters. The third-order valence-corrected chi connectivity index (χ3v) is 2.66. The first-order chi connectivity index (χ1) is 8.70. The lowest BCUT2D eigenvalue weighted by Gasteiger charge is -2.02. The molecular formula is C12H16N2O4. The number of carbonyl (C=O) groups is 2. The summed E-state index contributed by atoms with van der Waals surface area (Å²) in [6.07, 6.45) is 2.35. The zero-order chi connectivity index (χ0) is 13.0. The highest BCUT2D eigenvalue weighted by atomic mass is 16.5. The maximum Gasteiger partial charge on any atom is 0.307 e. The topological polar surface area (TPSA) is 81.4 Å². The van der Waals surface area contributed by atoms with Gasteiger partial charge in [0.15, 0.2) is 5.69 Å². The van der Waals surface area contributed by atoms with Gasteiger partial charge in [0.1, 0.15) is 5.76 Å². The van der Waals surface area contributed by atoms with E-state index in [1.54, 1.807) is 13.0 Å². The molecule has 1 saturated carbocycles. The summed E-state index contributed by atoms with van der Waals surface area (Å²) in [6.45, 7) is 2.33. The van der Waals surface area contributed by atoms with E-state index in [0.717, 1.165) is 18.6 Å². The van der Waals surface area contributed by atoms with Gasteiger partial charge < -0.3 is 14.6 Å². The van der Waals surface area contributed by atoms with Crippen LogP contribution in [0.1, 0.15) is 48.4 Å². The lowest BCUT2D eigenvalue weighted by Crippen LogP contribution is -2.26. The highest BCUT2D eigenvalue weighted by Gasteiger charge is 2.28. The predicted molar refractivity (Wildman–Crippen MR) is 62.1 cm³/mol. The van der Waals surface area contributed by atoms with Gasteiger partial charge in [0, 0.05) is 18.5 Å². The number of hydrogen-bond acceptors (Lipinski definition) is 5. The minimum absolute atomic E-state index is 0.160. The van der Waals surface area contributed by atoms with Gasteiger partial charge in [-0.1, -0.05) is 5.16 Å². The fourth-order valence-corrected chi connectivity index (χ4v) is 1.56. The van der Waals surface area contributed by atoms with Crippen LogP contribution >= 0.6 is 0 Å². The largest absolute Gasteiger partial charge is 0.466 e. The second-order valence-corrected chi connectivity index (χ2v) is 4.20. The van der Waals surface area contributed by atoms with Gasteiger partial charge in [-0.05, 0) is 19.8 Å². The van der Waals surface area contributed by atoms with Gasteiger partial charge in [-0.2, -0.15) is 0 Å². The van der Waals surface area contributed by atoms with Crippen molar-refractivity contribution < 1.29 is 18.8 Å². The Labute approximate surface area is 105 Å². The van der Waals surface area contributed by atoms with E-state index in [1.165, 1.54) is 0 Å². The summed E-state index contributed by atoms with van der Waals surface area (Å²) >= 11 is 0. The molecule has 18 heavy (non-hydrogen) atoms. The predicted octanol–water partition coefficient (Wildman–Crippen LogP) is 1.23. The number of esters is 1. The third kappa shape index (κ3) is 3.32. The quantitative estimate of drug-likeness (QED) is 0.770. The molecule has 1 amide bonds. The molecule has 1 aliphatic carbocycles. The molecule has 0 bridgehead atoms. The van der Waals surface area contributed by atoms with Crippen LogP contribution in [0.4, 0.5) is 0 Å². The molecule has 0 radical (unpaired) electrons.